The summed E-state index contributed by atoms with van der Waals surface area (Å²) >= 11 is 0. The summed E-state index contributed by atoms with van der Waals surface area (Å²) in [7, 11) is 0. The lowest BCUT2D eigenvalue weighted by Gasteiger charge is -2.19. The van der Waals surface area contributed by atoms with E-state index in [1.807, 2.05) is 11.8 Å². The van der Waals surface area contributed by atoms with Gasteiger partial charge in [0.05, 0.1) is 0 Å². The molecule has 1 aliphatic heterocycles. The minimum atomic E-state index is 0. The Morgan fingerprint density at radius 1 is 1.29 bits per heavy atom. The van der Waals surface area contributed by atoms with Gasteiger partial charge >= 0.3 is 0 Å². The van der Waals surface area contributed by atoms with Crippen LogP contribution in [-0.2, 0) is 4.79 Å². The van der Waals surface area contributed by atoms with Gasteiger partial charge < -0.3 is 15.5 Å². The van der Waals surface area contributed by atoms with Crippen LogP contribution in [-0.4, -0.2) is 49.0 Å². The molecule has 0 saturated carbocycles. The van der Waals surface area contributed by atoms with Crippen molar-refractivity contribution in [2.45, 2.75) is 72.3 Å². The van der Waals surface area contributed by atoms with Gasteiger partial charge in [-0.2, -0.15) is 0 Å². The van der Waals surface area contributed by atoms with E-state index in [9.17, 15) is 4.79 Å². The SMILES string of the molecule is CCCCC(CC)CN=C(NCC)NC1CCN(C(=O)CC)C1.I. The van der Waals surface area contributed by atoms with E-state index in [1.54, 1.807) is 0 Å². The van der Waals surface area contributed by atoms with Crippen LogP contribution in [0.4, 0.5) is 0 Å². The van der Waals surface area contributed by atoms with Crippen LogP contribution < -0.4 is 10.6 Å². The molecule has 6 heteroatoms. The maximum absolute atomic E-state index is 11.8. The van der Waals surface area contributed by atoms with E-state index in [0.717, 1.165) is 38.6 Å². The fourth-order valence-corrected chi connectivity index (χ4v) is 2.98. The lowest BCUT2D eigenvalue weighted by Crippen LogP contribution is -2.45. The number of nitrogens with zero attached hydrogens (tertiary/aromatic N) is 2. The number of hydrogen-bond donors (Lipinski definition) is 2. The standard InChI is InChI=1S/C18H36N4O.HI/c1-5-9-10-15(6-2)13-20-18(19-8-4)21-16-11-12-22(14-16)17(23)7-3;/h15-16H,5-14H2,1-4H3,(H2,19,20,21);1H. The topological polar surface area (TPSA) is 56.7 Å². The van der Waals surface area contributed by atoms with Gasteiger partial charge in [0, 0.05) is 38.6 Å². The number of carbonyl (C=O) groups is 1. The van der Waals surface area contributed by atoms with Crippen molar-refractivity contribution < 1.29 is 4.79 Å². The average molecular weight is 452 g/mol. The molecule has 0 spiro atoms. The highest BCUT2D eigenvalue weighted by atomic mass is 127. The lowest BCUT2D eigenvalue weighted by atomic mass is 10.00. The third-order valence-corrected chi connectivity index (χ3v) is 4.58. The molecule has 142 valence electrons. The van der Waals surface area contributed by atoms with E-state index in [1.165, 1.54) is 25.7 Å². The molecule has 1 amide bonds. The number of amides is 1. The molecule has 1 rings (SSSR count). The minimum Gasteiger partial charge on any atom is -0.357 e. The Hall–Kier alpha value is -0.530. The first-order valence-corrected chi connectivity index (χ1v) is 9.47. The third-order valence-electron chi connectivity index (χ3n) is 4.58. The van der Waals surface area contributed by atoms with Gasteiger partial charge in [-0.1, -0.05) is 40.0 Å². The summed E-state index contributed by atoms with van der Waals surface area (Å²) < 4.78 is 0. The zero-order chi connectivity index (χ0) is 17.1. The van der Waals surface area contributed by atoms with Crippen molar-refractivity contribution in [3.63, 3.8) is 0 Å². The number of halogens is 1. The zero-order valence-electron chi connectivity index (χ0n) is 15.9. The highest BCUT2D eigenvalue weighted by molar-refractivity contribution is 14.0. The van der Waals surface area contributed by atoms with Crippen molar-refractivity contribution >= 4 is 35.8 Å². The van der Waals surface area contributed by atoms with Gasteiger partial charge in [0.2, 0.25) is 5.91 Å². The van der Waals surface area contributed by atoms with Crippen LogP contribution in [0.5, 0.6) is 0 Å². The third kappa shape index (κ3) is 8.53. The monoisotopic (exact) mass is 452 g/mol. The summed E-state index contributed by atoms with van der Waals surface area (Å²) in [6, 6.07) is 0.319. The summed E-state index contributed by atoms with van der Waals surface area (Å²) in [6.07, 6.45) is 6.58. The van der Waals surface area contributed by atoms with Crippen LogP contribution in [0.3, 0.4) is 0 Å². The second-order valence-corrected chi connectivity index (χ2v) is 6.46. The van der Waals surface area contributed by atoms with E-state index in [4.69, 9.17) is 4.99 Å². The van der Waals surface area contributed by atoms with Crippen LogP contribution in [0.25, 0.3) is 0 Å². The zero-order valence-corrected chi connectivity index (χ0v) is 18.3. The molecule has 0 aromatic carbocycles. The Morgan fingerprint density at radius 3 is 2.62 bits per heavy atom. The summed E-state index contributed by atoms with van der Waals surface area (Å²) in [4.78, 5) is 18.5. The Balaban J connectivity index is 0.00000529. The second-order valence-electron chi connectivity index (χ2n) is 6.46. The fraction of sp³-hybridized carbons (Fsp3) is 0.889. The predicted octanol–water partition coefficient (Wildman–Crippen LogP) is 3.39. The smallest absolute Gasteiger partial charge is 0.222 e. The number of aliphatic imine (C=N–C) groups is 1. The van der Waals surface area contributed by atoms with Crippen molar-refractivity contribution in [1.82, 2.24) is 15.5 Å². The minimum absolute atomic E-state index is 0. The number of guanidine groups is 1. The quantitative estimate of drug-likeness (QED) is 0.320. The van der Waals surface area contributed by atoms with Gasteiger partial charge in [-0.15, -0.1) is 24.0 Å². The van der Waals surface area contributed by atoms with E-state index < -0.39 is 0 Å². The maximum Gasteiger partial charge on any atom is 0.222 e. The van der Waals surface area contributed by atoms with Gasteiger partial charge in [-0.05, 0) is 25.7 Å². The average Bonchev–Trinajstić information content (AvgIpc) is 3.03. The number of nitrogens with one attached hydrogen (secondary N) is 2. The molecule has 1 heterocycles. The number of unbranched alkanes of at least 4 members (excludes halogenated alkanes) is 1. The molecule has 1 saturated heterocycles. The molecule has 1 aliphatic rings. The number of hydrogen-bond acceptors (Lipinski definition) is 2. The molecule has 5 nitrogen and oxygen atoms in total. The molecule has 0 aromatic heterocycles. The van der Waals surface area contributed by atoms with Crippen LogP contribution in [0, 0.1) is 5.92 Å². The normalized spacial score (nSPS) is 18.9. The van der Waals surface area contributed by atoms with Gasteiger partial charge in [0.15, 0.2) is 5.96 Å². The molecule has 2 N–H and O–H groups in total. The molecule has 0 radical (unpaired) electrons. The summed E-state index contributed by atoms with van der Waals surface area (Å²) in [5.74, 6) is 1.83. The molecule has 1 fully saturated rings. The summed E-state index contributed by atoms with van der Waals surface area (Å²) in [5, 5.41) is 6.84. The molecular weight excluding hydrogens is 415 g/mol. The van der Waals surface area contributed by atoms with Gasteiger partial charge in [0.25, 0.3) is 0 Å². The number of carbonyl (C=O) groups excluding carboxylic acids is 1. The number of rotatable bonds is 9. The van der Waals surface area contributed by atoms with E-state index >= 15 is 0 Å². The molecule has 2 atom stereocenters. The Kier molecular flexibility index (Phi) is 13.4. The van der Waals surface area contributed by atoms with Crippen molar-refractivity contribution in [2.75, 3.05) is 26.2 Å². The first-order chi connectivity index (χ1) is 11.1. The largest absolute Gasteiger partial charge is 0.357 e. The van der Waals surface area contributed by atoms with Crippen molar-refractivity contribution in [1.29, 1.82) is 0 Å². The molecular formula is C18H37IN4O. The fourth-order valence-electron chi connectivity index (χ4n) is 2.98. The molecule has 0 bridgehead atoms. The first-order valence-electron chi connectivity index (χ1n) is 9.47. The predicted molar refractivity (Wildman–Crippen MR) is 113 cm³/mol. The van der Waals surface area contributed by atoms with Crippen LogP contribution >= 0.6 is 24.0 Å². The Labute approximate surface area is 165 Å². The van der Waals surface area contributed by atoms with E-state index in [-0.39, 0.29) is 29.9 Å². The van der Waals surface area contributed by atoms with E-state index in [0.29, 0.717) is 18.4 Å². The van der Waals surface area contributed by atoms with Crippen molar-refractivity contribution in [3.05, 3.63) is 0 Å². The van der Waals surface area contributed by atoms with Gasteiger partial charge in [-0.25, -0.2) is 0 Å². The summed E-state index contributed by atoms with van der Waals surface area (Å²) in [6.45, 7) is 11.9. The maximum atomic E-state index is 11.8. The van der Waals surface area contributed by atoms with E-state index in [2.05, 4.69) is 31.4 Å². The van der Waals surface area contributed by atoms with Crippen molar-refractivity contribution in [3.8, 4) is 0 Å². The van der Waals surface area contributed by atoms with Gasteiger partial charge in [-0.3, -0.25) is 9.79 Å². The Bertz CT molecular complexity index is 376. The number of likely N-dealkylation sites (tertiary alicyclic amines) is 1. The molecule has 24 heavy (non-hydrogen) atoms. The Morgan fingerprint density at radius 2 is 2.04 bits per heavy atom. The molecule has 2 unspecified atom stereocenters. The second kappa shape index (κ2) is 13.7. The summed E-state index contributed by atoms with van der Waals surface area (Å²) in [5.41, 5.74) is 0. The van der Waals surface area contributed by atoms with Crippen molar-refractivity contribution in [2.24, 2.45) is 10.9 Å². The highest BCUT2D eigenvalue weighted by Crippen LogP contribution is 2.13. The van der Waals surface area contributed by atoms with Crippen LogP contribution in [0.15, 0.2) is 4.99 Å². The first kappa shape index (κ1) is 23.5. The van der Waals surface area contributed by atoms with Gasteiger partial charge in [0.1, 0.15) is 0 Å². The highest BCUT2D eigenvalue weighted by Gasteiger charge is 2.25. The molecule has 0 aliphatic carbocycles. The van der Waals surface area contributed by atoms with Crippen LogP contribution in [0.1, 0.15) is 66.2 Å². The lowest BCUT2D eigenvalue weighted by molar-refractivity contribution is -0.129. The molecule has 0 aromatic rings. The van der Waals surface area contributed by atoms with Crippen LogP contribution in [0.2, 0.25) is 0 Å².